The van der Waals surface area contributed by atoms with Gasteiger partial charge in [0.05, 0.1) is 27.8 Å². The first-order valence-corrected chi connectivity index (χ1v) is 15.1. The van der Waals surface area contributed by atoms with Gasteiger partial charge in [-0.3, -0.25) is 14.4 Å². The zero-order chi connectivity index (χ0) is 26.2. The number of anilines is 1. The fraction of sp³-hybridized carbons (Fsp3) is 0.400. The minimum atomic E-state index is -0.906. The molecule has 2 saturated carbocycles. The summed E-state index contributed by atoms with van der Waals surface area (Å²) in [7, 11) is 0. The van der Waals surface area contributed by atoms with Crippen LogP contribution in [0, 0.1) is 23.7 Å². The molecule has 0 aliphatic heterocycles. The van der Waals surface area contributed by atoms with Gasteiger partial charge in [0.2, 0.25) is 5.91 Å². The molecule has 8 heteroatoms. The molecule has 2 fully saturated rings. The number of aliphatic carboxylic acids is 1. The van der Waals surface area contributed by atoms with Crippen molar-refractivity contribution in [2.45, 2.75) is 48.8 Å². The Morgan fingerprint density at radius 1 is 0.974 bits per heavy atom. The summed E-state index contributed by atoms with van der Waals surface area (Å²) in [4.78, 5) is 42.3. The third-order valence-corrected chi connectivity index (χ3v) is 10.5. The maximum atomic E-state index is 13.0. The van der Waals surface area contributed by atoms with Gasteiger partial charge < -0.3 is 10.4 Å². The van der Waals surface area contributed by atoms with Crippen LogP contribution in [0.15, 0.2) is 59.0 Å². The second-order valence-corrected chi connectivity index (χ2v) is 12.9. The minimum absolute atomic E-state index is 0.0164. The Morgan fingerprint density at radius 3 is 2.45 bits per heavy atom. The number of carbonyl (C=O) groups is 3. The van der Waals surface area contributed by atoms with Crippen LogP contribution in [0.2, 0.25) is 0 Å². The number of amides is 1. The second-order valence-electron chi connectivity index (χ2n) is 10.7. The van der Waals surface area contributed by atoms with Gasteiger partial charge in [-0.15, -0.1) is 11.3 Å². The summed E-state index contributed by atoms with van der Waals surface area (Å²) in [6.07, 6.45) is 11.1. The van der Waals surface area contributed by atoms with E-state index in [9.17, 15) is 19.5 Å². The maximum Gasteiger partial charge on any atom is 0.307 e. The van der Waals surface area contributed by atoms with E-state index in [2.05, 4.69) is 22.4 Å². The summed E-state index contributed by atoms with van der Waals surface area (Å²) in [5.41, 5.74) is 3.52. The van der Waals surface area contributed by atoms with Crippen molar-refractivity contribution in [2.24, 2.45) is 23.7 Å². The first kappa shape index (κ1) is 25.3. The number of carbonyl (C=O) groups excluding carboxylic acids is 2. The molecule has 0 radical (unpaired) electrons. The Hall–Kier alpha value is -2.97. The summed E-state index contributed by atoms with van der Waals surface area (Å²) in [6, 6.07) is 13.7. The summed E-state index contributed by atoms with van der Waals surface area (Å²) >= 11 is 2.92. The Labute approximate surface area is 229 Å². The molecule has 0 spiro atoms. The van der Waals surface area contributed by atoms with Crippen LogP contribution in [-0.2, 0) is 9.59 Å². The van der Waals surface area contributed by atoms with Crippen LogP contribution in [0.5, 0.6) is 0 Å². The van der Waals surface area contributed by atoms with Gasteiger partial charge in [-0.25, -0.2) is 4.98 Å². The van der Waals surface area contributed by atoms with Gasteiger partial charge in [0.1, 0.15) is 0 Å². The minimum Gasteiger partial charge on any atom is -0.481 e. The molecule has 2 aromatic carbocycles. The number of hydrogen-bond donors (Lipinski definition) is 2. The van der Waals surface area contributed by atoms with E-state index in [0.29, 0.717) is 17.4 Å². The molecule has 6 nitrogen and oxygen atoms in total. The smallest absolute Gasteiger partial charge is 0.307 e. The average molecular weight is 547 g/mol. The number of hydrogen-bond acceptors (Lipinski definition) is 6. The van der Waals surface area contributed by atoms with Gasteiger partial charge in [-0.1, -0.05) is 67.4 Å². The zero-order valence-corrected chi connectivity index (χ0v) is 22.6. The van der Waals surface area contributed by atoms with Gasteiger partial charge in [-0.05, 0) is 60.8 Å². The molecule has 3 aliphatic rings. The predicted molar refractivity (Wildman–Crippen MR) is 151 cm³/mol. The first-order chi connectivity index (χ1) is 18.5. The number of allylic oxidation sites excluding steroid dienone is 2. The quantitative estimate of drug-likeness (QED) is 0.184. The maximum absolute atomic E-state index is 13.0. The molecule has 3 aliphatic carbocycles. The van der Waals surface area contributed by atoms with Crippen LogP contribution in [0.4, 0.5) is 5.69 Å². The lowest BCUT2D eigenvalue weighted by atomic mass is 9.82. The van der Waals surface area contributed by atoms with E-state index < -0.39 is 17.8 Å². The Morgan fingerprint density at radius 2 is 1.71 bits per heavy atom. The van der Waals surface area contributed by atoms with Crippen molar-refractivity contribution in [2.75, 3.05) is 11.1 Å². The Balaban J connectivity index is 1.08. The van der Waals surface area contributed by atoms with E-state index in [1.54, 1.807) is 6.07 Å². The third kappa shape index (κ3) is 5.04. The van der Waals surface area contributed by atoms with E-state index in [-0.39, 0.29) is 23.5 Å². The Bertz CT molecular complexity index is 1410. The van der Waals surface area contributed by atoms with E-state index in [4.69, 9.17) is 0 Å². The van der Waals surface area contributed by atoms with Crippen molar-refractivity contribution in [3.63, 3.8) is 0 Å². The topological polar surface area (TPSA) is 96.4 Å². The van der Waals surface area contributed by atoms with Gasteiger partial charge in [-0.2, -0.15) is 0 Å². The van der Waals surface area contributed by atoms with Crippen LogP contribution in [0.1, 0.15) is 60.4 Å². The molecule has 0 saturated heterocycles. The number of ketones is 1. The van der Waals surface area contributed by atoms with Crippen molar-refractivity contribution >= 4 is 56.7 Å². The molecule has 38 heavy (non-hydrogen) atoms. The largest absolute Gasteiger partial charge is 0.481 e. The molecule has 1 heterocycles. The predicted octanol–water partition coefficient (Wildman–Crippen LogP) is 6.78. The van der Waals surface area contributed by atoms with E-state index >= 15 is 0 Å². The van der Waals surface area contributed by atoms with Crippen molar-refractivity contribution in [3.05, 3.63) is 65.7 Å². The number of nitrogens with one attached hydrogen (secondary N) is 1. The lowest BCUT2D eigenvalue weighted by Crippen LogP contribution is -2.36. The highest BCUT2D eigenvalue weighted by atomic mass is 32.2. The highest BCUT2D eigenvalue weighted by Crippen LogP contribution is 2.48. The fourth-order valence-electron chi connectivity index (χ4n) is 6.37. The molecular weight excluding hydrogens is 516 g/mol. The lowest BCUT2D eigenvalue weighted by Gasteiger charge is -2.23. The molecule has 1 amide bonds. The summed E-state index contributed by atoms with van der Waals surface area (Å²) < 4.78 is 1.72. The molecule has 6 rings (SSSR count). The number of rotatable bonds is 8. The highest BCUT2D eigenvalue weighted by Gasteiger charge is 2.51. The van der Waals surface area contributed by atoms with Crippen molar-refractivity contribution < 1.29 is 19.5 Å². The fourth-order valence-corrected chi connectivity index (χ4v) is 8.37. The van der Waals surface area contributed by atoms with Crippen LogP contribution < -0.4 is 5.32 Å². The highest BCUT2D eigenvalue weighted by molar-refractivity contribution is 8.01. The molecule has 1 aromatic heterocycles. The first-order valence-electron chi connectivity index (χ1n) is 13.3. The summed E-state index contributed by atoms with van der Waals surface area (Å²) in [5, 5.41) is 12.6. The van der Waals surface area contributed by atoms with Crippen molar-refractivity contribution in [1.82, 2.24) is 4.98 Å². The number of thioether (sulfide) groups is 1. The number of Topliss-reactive ketones (excluding diaryl/α,β-unsaturated/α-hetero) is 1. The number of carboxylic acid groups (broad SMARTS) is 1. The van der Waals surface area contributed by atoms with Gasteiger partial charge in [0.25, 0.3) is 0 Å². The monoisotopic (exact) mass is 546 g/mol. The van der Waals surface area contributed by atoms with Gasteiger partial charge in [0, 0.05) is 11.3 Å². The van der Waals surface area contributed by atoms with Crippen LogP contribution >= 0.6 is 23.1 Å². The van der Waals surface area contributed by atoms with Crippen LogP contribution in [0.25, 0.3) is 10.2 Å². The number of nitrogens with zero attached hydrogens (tertiary/aromatic N) is 1. The van der Waals surface area contributed by atoms with Gasteiger partial charge >= 0.3 is 5.97 Å². The van der Waals surface area contributed by atoms with E-state index in [0.717, 1.165) is 26.5 Å². The molecule has 2 N–H and O–H groups in total. The number of thiazole rings is 1. The zero-order valence-electron chi connectivity index (χ0n) is 21.0. The average Bonchev–Trinajstić information content (AvgIpc) is 3.66. The molecule has 4 atom stereocenters. The molecule has 196 valence electrons. The SMILES string of the molecule is O=C(CSc1nc2ccc(NC(=O)[C@@H]3[C@@H](C(=O)O)[C@H]4C=C[C@H]3C4)cc2s1)c1ccc(C2CCCCC2)cc1. The molecular formula is C30H30N2O4S2. The number of aromatic nitrogens is 1. The summed E-state index contributed by atoms with van der Waals surface area (Å²) in [5.74, 6) is -1.40. The van der Waals surface area contributed by atoms with Gasteiger partial charge in [0.15, 0.2) is 10.1 Å². The number of carboxylic acids is 1. The standard InChI is InChI=1S/C30H30N2O4S2/c33-24(19-8-6-18(7-9-19)17-4-2-1-3-5-17)16-37-30-32-23-13-12-22(15-25(23)38-30)31-28(34)26-20-10-11-21(14-20)27(26)29(35)36/h6-13,15,17,20-21,26-27H,1-5,14,16H2,(H,31,34)(H,35,36)/t20-,21-,26-,27-/m0/s1. The number of fused-ring (bicyclic) bond motifs is 3. The lowest BCUT2D eigenvalue weighted by molar-refractivity contribution is -0.146. The second kappa shape index (κ2) is 10.7. The van der Waals surface area contributed by atoms with E-state index in [1.807, 2.05) is 36.4 Å². The summed E-state index contributed by atoms with van der Waals surface area (Å²) in [6.45, 7) is 0. The van der Waals surface area contributed by atoms with E-state index in [1.165, 1.54) is 60.8 Å². The van der Waals surface area contributed by atoms with Crippen molar-refractivity contribution in [1.29, 1.82) is 0 Å². The normalized spacial score (nSPS) is 24.6. The third-order valence-electron chi connectivity index (χ3n) is 8.32. The molecule has 0 unspecified atom stereocenters. The van der Waals surface area contributed by atoms with Crippen molar-refractivity contribution in [3.8, 4) is 0 Å². The Kier molecular flexibility index (Phi) is 7.10. The molecule has 3 aromatic rings. The number of benzene rings is 2. The van der Waals surface area contributed by atoms with Crippen LogP contribution in [0.3, 0.4) is 0 Å². The molecule has 2 bridgehead atoms. The van der Waals surface area contributed by atoms with Crippen LogP contribution in [-0.4, -0.2) is 33.5 Å².